The van der Waals surface area contributed by atoms with E-state index in [2.05, 4.69) is 6.92 Å². The molecule has 20 heavy (non-hydrogen) atoms. The van der Waals surface area contributed by atoms with Gasteiger partial charge < -0.3 is 4.90 Å². The first-order valence-corrected chi connectivity index (χ1v) is 8.36. The number of hydrogen-bond donors (Lipinski definition) is 1. The first-order valence-electron chi connectivity index (χ1n) is 6.81. The smallest absolute Gasteiger partial charge is 0.238 e. The summed E-state index contributed by atoms with van der Waals surface area (Å²) in [6, 6.07) is 4.71. The second-order valence-electron chi connectivity index (χ2n) is 5.27. The fourth-order valence-corrected chi connectivity index (χ4v) is 3.17. The molecule has 0 saturated heterocycles. The number of hydrogen-bond acceptors (Lipinski definition) is 3. The van der Waals surface area contributed by atoms with E-state index in [1.165, 1.54) is 6.07 Å². The number of carbonyl (C=O) groups is 1. The van der Waals surface area contributed by atoms with E-state index in [-0.39, 0.29) is 16.7 Å². The van der Waals surface area contributed by atoms with Crippen molar-refractivity contribution in [1.29, 1.82) is 0 Å². The van der Waals surface area contributed by atoms with Crippen LogP contribution >= 0.6 is 0 Å². The van der Waals surface area contributed by atoms with Crippen molar-refractivity contribution in [2.24, 2.45) is 11.1 Å². The lowest BCUT2D eigenvalue weighted by atomic mass is 10.0. The molecule has 1 unspecified atom stereocenters. The number of nitrogens with zero attached hydrogens (tertiary/aromatic N) is 1. The molecule has 1 atom stereocenters. The van der Waals surface area contributed by atoms with Gasteiger partial charge in [-0.25, -0.2) is 13.6 Å². The summed E-state index contributed by atoms with van der Waals surface area (Å²) in [5, 5.41) is 5.12. The summed E-state index contributed by atoms with van der Waals surface area (Å²) >= 11 is 0. The predicted molar refractivity (Wildman–Crippen MR) is 77.9 cm³/mol. The lowest BCUT2D eigenvalue weighted by molar-refractivity contribution is -0.122. The maximum Gasteiger partial charge on any atom is 0.238 e. The number of fused-ring (bicyclic) bond motifs is 1. The number of carbonyl (C=O) groups excluding carboxylic acids is 1. The molecule has 1 amide bonds. The Bertz CT molecular complexity index is 625. The molecule has 2 N–H and O–H groups in total. The third-order valence-electron chi connectivity index (χ3n) is 3.68. The van der Waals surface area contributed by atoms with Crippen LogP contribution in [0.15, 0.2) is 23.1 Å². The van der Waals surface area contributed by atoms with E-state index in [1.54, 1.807) is 17.0 Å². The Balaban J connectivity index is 2.28. The van der Waals surface area contributed by atoms with Crippen LogP contribution in [0.1, 0.15) is 32.3 Å². The Labute approximate surface area is 119 Å². The zero-order valence-corrected chi connectivity index (χ0v) is 12.6. The third kappa shape index (κ3) is 2.86. The number of amides is 1. The van der Waals surface area contributed by atoms with E-state index >= 15 is 0 Å². The Morgan fingerprint density at radius 2 is 2.15 bits per heavy atom. The van der Waals surface area contributed by atoms with E-state index in [1.807, 2.05) is 6.92 Å². The molecule has 1 aromatic rings. The molecule has 0 aromatic heterocycles. The van der Waals surface area contributed by atoms with Crippen LogP contribution in [0.3, 0.4) is 0 Å². The molecule has 1 aliphatic rings. The Kier molecular flexibility index (Phi) is 4.15. The van der Waals surface area contributed by atoms with Gasteiger partial charge in [-0.05, 0) is 36.6 Å². The van der Waals surface area contributed by atoms with Gasteiger partial charge >= 0.3 is 0 Å². The highest BCUT2D eigenvalue weighted by Crippen LogP contribution is 2.31. The van der Waals surface area contributed by atoms with Crippen molar-refractivity contribution in [1.82, 2.24) is 0 Å². The Hall–Kier alpha value is -1.40. The first kappa shape index (κ1) is 15.0. The molecule has 0 spiro atoms. The highest BCUT2D eigenvalue weighted by atomic mass is 32.2. The average Bonchev–Trinajstić information content (AvgIpc) is 2.79. The highest BCUT2D eigenvalue weighted by molar-refractivity contribution is 7.89. The van der Waals surface area contributed by atoms with Crippen LogP contribution < -0.4 is 10.0 Å². The van der Waals surface area contributed by atoms with Crippen molar-refractivity contribution < 1.29 is 13.2 Å². The molecule has 5 nitrogen and oxygen atoms in total. The molecule has 1 heterocycles. The van der Waals surface area contributed by atoms with Crippen LogP contribution in [0.4, 0.5) is 5.69 Å². The predicted octanol–water partition coefficient (Wildman–Crippen LogP) is 1.66. The fourth-order valence-electron chi connectivity index (χ4n) is 2.61. The molecule has 0 fully saturated rings. The monoisotopic (exact) mass is 296 g/mol. The maximum absolute atomic E-state index is 12.4. The standard InChI is InChI=1S/C14H20N2O3S/c1-3-4-10(2)14(17)16-8-7-11-9-12(20(15,18)19)5-6-13(11)16/h5-6,9-10H,3-4,7-8H2,1-2H3,(H2,15,18,19). The number of sulfonamides is 1. The van der Waals surface area contributed by atoms with Gasteiger partial charge in [0.2, 0.25) is 15.9 Å². The van der Waals surface area contributed by atoms with Crippen LogP contribution in [-0.4, -0.2) is 20.9 Å². The zero-order chi connectivity index (χ0) is 14.9. The third-order valence-corrected chi connectivity index (χ3v) is 4.60. The van der Waals surface area contributed by atoms with Gasteiger partial charge in [0, 0.05) is 18.2 Å². The number of rotatable bonds is 4. The van der Waals surface area contributed by atoms with Gasteiger partial charge in [0.15, 0.2) is 0 Å². The Morgan fingerprint density at radius 1 is 1.45 bits per heavy atom. The first-order chi connectivity index (χ1) is 9.34. The van der Waals surface area contributed by atoms with Crippen molar-refractivity contribution in [3.63, 3.8) is 0 Å². The molecule has 0 bridgehead atoms. The summed E-state index contributed by atoms with van der Waals surface area (Å²) in [7, 11) is -3.69. The van der Waals surface area contributed by atoms with E-state index in [9.17, 15) is 13.2 Å². The molecular formula is C14H20N2O3S. The van der Waals surface area contributed by atoms with Crippen molar-refractivity contribution in [3.8, 4) is 0 Å². The lowest BCUT2D eigenvalue weighted by Crippen LogP contribution is -2.33. The molecule has 0 radical (unpaired) electrons. The van der Waals surface area contributed by atoms with E-state index < -0.39 is 10.0 Å². The molecule has 1 aliphatic heterocycles. The van der Waals surface area contributed by atoms with Gasteiger partial charge in [0.25, 0.3) is 0 Å². The molecule has 6 heteroatoms. The van der Waals surface area contributed by atoms with Crippen molar-refractivity contribution in [2.75, 3.05) is 11.4 Å². The largest absolute Gasteiger partial charge is 0.312 e. The maximum atomic E-state index is 12.4. The lowest BCUT2D eigenvalue weighted by Gasteiger charge is -2.21. The average molecular weight is 296 g/mol. The minimum atomic E-state index is -3.69. The molecular weight excluding hydrogens is 276 g/mol. The topological polar surface area (TPSA) is 80.5 Å². The van der Waals surface area contributed by atoms with Gasteiger partial charge in [-0.2, -0.15) is 0 Å². The van der Waals surface area contributed by atoms with Crippen molar-refractivity contribution in [3.05, 3.63) is 23.8 Å². The number of anilines is 1. The van der Waals surface area contributed by atoms with Crippen molar-refractivity contribution in [2.45, 2.75) is 38.0 Å². The Morgan fingerprint density at radius 3 is 2.75 bits per heavy atom. The van der Waals surface area contributed by atoms with Crippen LogP contribution in [0.25, 0.3) is 0 Å². The number of primary sulfonamides is 1. The van der Waals surface area contributed by atoms with E-state index in [0.29, 0.717) is 13.0 Å². The second-order valence-corrected chi connectivity index (χ2v) is 6.83. The zero-order valence-electron chi connectivity index (χ0n) is 11.8. The molecule has 0 aliphatic carbocycles. The number of nitrogens with two attached hydrogens (primary N) is 1. The van der Waals surface area contributed by atoms with Crippen LogP contribution in [0, 0.1) is 5.92 Å². The van der Waals surface area contributed by atoms with Gasteiger partial charge in [-0.1, -0.05) is 20.3 Å². The van der Waals surface area contributed by atoms with Crippen molar-refractivity contribution >= 4 is 21.6 Å². The molecule has 110 valence electrons. The molecule has 0 saturated carbocycles. The summed E-state index contributed by atoms with van der Waals surface area (Å²) < 4.78 is 22.7. The van der Waals surface area contributed by atoms with Crippen LogP contribution in [0.2, 0.25) is 0 Å². The van der Waals surface area contributed by atoms with Gasteiger partial charge in [-0.15, -0.1) is 0 Å². The van der Waals surface area contributed by atoms with E-state index in [0.717, 1.165) is 24.1 Å². The summed E-state index contributed by atoms with van der Waals surface area (Å²) in [6.07, 6.45) is 2.50. The summed E-state index contributed by atoms with van der Waals surface area (Å²) in [5.74, 6) is 0.0952. The second kappa shape index (κ2) is 5.54. The summed E-state index contributed by atoms with van der Waals surface area (Å²) in [5.41, 5.74) is 1.68. The summed E-state index contributed by atoms with van der Waals surface area (Å²) in [4.78, 5) is 14.2. The minimum Gasteiger partial charge on any atom is -0.312 e. The fraction of sp³-hybridized carbons (Fsp3) is 0.500. The van der Waals surface area contributed by atoms with E-state index in [4.69, 9.17) is 5.14 Å². The quantitative estimate of drug-likeness (QED) is 0.917. The van der Waals surface area contributed by atoms with Crippen LogP contribution in [-0.2, 0) is 21.2 Å². The highest BCUT2D eigenvalue weighted by Gasteiger charge is 2.28. The van der Waals surface area contributed by atoms with Gasteiger partial charge in [-0.3, -0.25) is 4.79 Å². The SMILES string of the molecule is CCCC(C)C(=O)N1CCc2cc(S(N)(=O)=O)ccc21. The summed E-state index contributed by atoms with van der Waals surface area (Å²) in [6.45, 7) is 4.60. The molecule has 1 aromatic carbocycles. The van der Waals surface area contributed by atoms with Gasteiger partial charge in [0.1, 0.15) is 0 Å². The number of benzene rings is 1. The van der Waals surface area contributed by atoms with Gasteiger partial charge in [0.05, 0.1) is 4.90 Å². The molecule has 2 rings (SSSR count). The normalized spacial score (nSPS) is 16.1. The minimum absolute atomic E-state index is 0.0103. The van der Waals surface area contributed by atoms with Crippen LogP contribution in [0.5, 0.6) is 0 Å².